The Labute approximate surface area is 101 Å². The van der Waals surface area contributed by atoms with E-state index in [-0.39, 0.29) is 5.41 Å². The predicted octanol–water partition coefficient (Wildman–Crippen LogP) is 2.23. The van der Waals surface area contributed by atoms with Crippen LogP contribution in [0, 0.1) is 5.41 Å². The van der Waals surface area contributed by atoms with Gasteiger partial charge in [0.15, 0.2) is 0 Å². The molecule has 0 heterocycles. The zero-order chi connectivity index (χ0) is 12.8. The molecule has 0 radical (unpaired) electrons. The molecule has 0 aromatic heterocycles. The zero-order valence-corrected chi connectivity index (χ0v) is 12.2. The molecule has 0 bridgehead atoms. The summed E-state index contributed by atoms with van der Waals surface area (Å²) in [6.45, 7) is 9.73. The largest absolute Gasteiger partial charge is 0.313 e. The third kappa shape index (κ3) is 8.11. The van der Waals surface area contributed by atoms with Gasteiger partial charge in [-0.3, -0.25) is 0 Å². The number of hydrogen-bond acceptors (Lipinski definition) is 3. The fourth-order valence-corrected chi connectivity index (χ4v) is 2.40. The summed E-state index contributed by atoms with van der Waals surface area (Å²) >= 11 is 0. The highest BCUT2D eigenvalue weighted by Gasteiger charge is 2.23. The Bertz CT molecular complexity index is 278. The van der Waals surface area contributed by atoms with E-state index in [4.69, 9.17) is 0 Å². The van der Waals surface area contributed by atoms with Crippen LogP contribution in [0.2, 0.25) is 0 Å². The lowest BCUT2D eigenvalue weighted by Gasteiger charge is -2.31. The summed E-state index contributed by atoms with van der Waals surface area (Å²) in [5.41, 5.74) is 0.187. The van der Waals surface area contributed by atoms with Crippen LogP contribution in [0.4, 0.5) is 0 Å². The maximum Gasteiger partial charge on any atom is 0.147 e. The first-order valence-corrected chi connectivity index (χ1v) is 8.14. The first-order valence-electron chi connectivity index (χ1n) is 6.08. The summed E-state index contributed by atoms with van der Waals surface area (Å²) in [5, 5.41) is 3.50. The minimum atomic E-state index is -2.81. The van der Waals surface area contributed by atoms with Crippen LogP contribution in [-0.2, 0) is 9.84 Å². The van der Waals surface area contributed by atoms with Crippen LogP contribution in [0.25, 0.3) is 0 Å². The van der Waals surface area contributed by atoms with Gasteiger partial charge in [0.2, 0.25) is 0 Å². The Balaban J connectivity index is 4.13. The third-order valence-corrected chi connectivity index (χ3v) is 3.72. The van der Waals surface area contributed by atoms with Crippen molar-refractivity contribution >= 4 is 9.84 Å². The van der Waals surface area contributed by atoms with Crippen molar-refractivity contribution in [3.63, 3.8) is 0 Å². The highest BCUT2D eigenvalue weighted by molar-refractivity contribution is 7.90. The van der Waals surface area contributed by atoms with E-state index in [2.05, 4.69) is 33.0 Å². The molecular formula is C12H27NO2S. The standard InChI is InChI=1S/C12H27NO2S/c1-6-9-13-11(12(2,3)4)8-7-10-16(5,14)15/h11,13H,6-10H2,1-5H3. The minimum absolute atomic E-state index is 0.187. The lowest BCUT2D eigenvalue weighted by molar-refractivity contribution is 0.254. The van der Waals surface area contributed by atoms with Crippen molar-refractivity contribution in [2.75, 3.05) is 18.6 Å². The molecule has 1 unspecified atom stereocenters. The van der Waals surface area contributed by atoms with Crippen LogP contribution in [-0.4, -0.2) is 33.0 Å². The Morgan fingerprint density at radius 3 is 2.19 bits per heavy atom. The van der Waals surface area contributed by atoms with Gasteiger partial charge in [0.25, 0.3) is 0 Å². The molecule has 0 amide bonds. The molecule has 0 saturated carbocycles. The molecule has 0 saturated heterocycles. The van der Waals surface area contributed by atoms with Gasteiger partial charge >= 0.3 is 0 Å². The van der Waals surface area contributed by atoms with E-state index < -0.39 is 9.84 Å². The highest BCUT2D eigenvalue weighted by atomic mass is 32.2. The smallest absolute Gasteiger partial charge is 0.147 e. The summed E-state index contributed by atoms with van der Waals surface area (Å²) < 4.78 is 22.1. The SMILES string of the molecule is CCCNC(CCCS(C)(=O)=O)C(C)(C)C. The maximum absolute atomic E-state index is 11.1. The Morgan fingerprint density at radius 1 is 1.25 bits per heavy atom. The van der Waals surface area contributed by atoms with Crippen LogP contribution < -0.4 is 5.32 Å². The first kappa shape index (κ1) is 15.9. The van der Waals surface area contributed by atoms with Gasteiger partial charge in [-0.15, -0.1) is 0 Å². The van der Waals surface area contributed by atoms with Crippen molar-refractivity contribution in [1.82, 2.24) is 5.32 Å². The Hall–Kier alpha value is -0.0900. The van der Waals surface area contributed by atoms with E-state index >= 15 is 0 Å². The summed E-state index contributed by atoms with van der Waals surface area (Å²) in [6.07, 6.45) is 4.09. The lowest BCUT2D eigenvalue weighted by atomic mass is 9.84. The molecule has 1 N–H and O–H groups in total. The Kier molecular flexibility index (Phi) is 6.56. The average Bonchev–Trinajstić information content (AvgIpc) is 2.06. The van der Waals surface area contributed by atoms with E-state index in [1.54, 1.807) is 0 Å². The number of nitrogens with one attached hydrogen (secondary N) is 1. The molecule has 0 aromatic rings. The van der Waals surface area contributed by atoms with E-state index in [9.17, 15) is 8.42 Å². The van der Waals surface area contributed by atoms with Gasteiger partial charge in [-0.05, 0) is 31.2 Å². The molecule has 0 aliphatic rings. The monoisotopic (exact) mass is 249 g/mol. The average molecular weight is 249 g/mol. The van der Waals surface area contributed by atoms with Gasteiger partial charge in [0, 0.05) is 18.1 Å². The first-order chi connectivity index (χ1) is 7.17. The van der Waals surface area contributed by atoms with Crippen molar-refractivity contribution in [1.29, 1.82) is 0 Å². The van der Waals surface area contributed by atoms with Crippen molar-refractivity contribution in [3.8, 4) is 0 Å². The fraction of sp³-hybridized carbons (Fsp3) is 1.00. The highest BCUT2D eigenvalue weighted by Crippen LogP contribution is 2.23. The molecule has 0 aromatic carbocycles. The van der Waals surface area contributed by atoms with Crippen molar-refractivity contribution in [3.05, 3.63) is 0 Å². The molecule has 16 heavy (non-hydrogen) atoms. The van der Waals surface area contributed by atoms with Crippen LogP contribution >= 0.6 is 0 Å². The van der Waals surface area contributed by atoms with Gasteiger partial charge in [-0.1, -0.05) is 27.7 Å². The fourth-order valence-electron chi connectivity index (χ4n) is 1.71. The summed E-state index contributed by atoms with van der Waals surface area (Å²) in [5.74, 6) is 0.299. The molecule has 0 aliphatic carbocycles. The van der Waals surface area contributed by atoms with E-state index in [0.717, 1.165) is 25.8 Å². The quantitative estimate of drug-likeness (QED) is 0.752. The molecular weight excluding hydrogens is 222 g/mol. The second-order valence-electron chi connectivity index (χ2n) is 5.64. The molecule has 98 valence electrons. The van der Waals surface area contributed by atoms with Crippen molar-refractivity contribution in [2.24, 2.45) is 5.41 Å². The zero-order valence-electron chi connectivity index (χ0n) is 11.3. The van der Waals surface area contributed by atoms with Gasteiger partial charge < -0.3 is 5.32 Å². The van der Waals surface area contributed by atoms with Gasteiger partial charge in [-0.2, -0.15) is 0 Å². The van der Waals surface area contributed by atoms with Gasteiger partial charge in [-0.25, -0.2) is 8.42 Å². The topological polar surface area (TPSA) is 46.2 Å². The van der Waals surface area contributed by atoms with Gasteiger partial charge in [0.05, 0.1) is 0 Å². The molecule has 0 spiro atoms. The number of rotatable bonds is 7. The molecule has 0 aliphatic heterocycles. The summed E-state index contributed by atoms with van der Waals surface area (Å²) in [6, 6.07) is 0.397. The number of hydrogen-bond donors (Lipinski definition) is 1. The second-order valence-corrected chi connectivity index (χ2v) is 7.90. The number of sulfone groups is 1. The second kappa shape index (κ2) is 6.60. The van der Waals surface area contributed by atoms with Crippen LogP contribution in [0.5, 0.6) is 0 Å². The van der Waals surface area contributed by atoms with E-state index in [1.165, 1.54) is 6.26 Å². The molecule has 0 fully saturated rings. The predicted molar refractivity (Wildman–Crippen MR) is 70.5 cm³/mol. The van der Waals surface area contributed by atoms with Crippen molar-refractivity contribution < 1.29 is 8.42 Å². The third-order valence-electron chi connectivity index (χ3n) is 2.69. The van der Waals surface area contributed by atoms with Crippen LogP contribution in [0.3, 0.4) is 0 Å². The molecule has 4 heteroatoms. The van der Waals surface area contributed by atoms with Gasteiger partial charge in [0.1, 0.15) is 9.84 Å². The minimum Gasteiger partial charge on any atom is -0.313 e. The normalized spacial score (nSPS) is 15.1. The van der Waals surface area contributed by atoms with Crippen LogP contribution in [0.15, 0.2) is 0 Å². The van der Waals surface area contributed by atoms with E-state index in [1.807, 2.05) is 0 Å². The summed E-state index contributed by atoms with van der Waals surface area (Å²) in [4.78, 5) is 0. The van der Waals surface area contributed by atoms with Crippen molar-refractivity contribution in [2.45, 2.75) is 53.0 Å². The maximum atomic E-state index is 11.1. The molecule has 0 rings (SSSR count). The molecule has 1 atom stereocenters. The van der Waals surface area contributed by atoms with Crippen LogP contribution in [0.1, 0.15) is 47.0 Å². The lowest BCUT2D eigenvalue weighted by Crippen LogP contribution is -2.40. The van der Waals surface area contributed by atoms with E-state index in [0.29, 0.717) is 11.8 Å². The summed E-state index contributed by atoms with van der Waals surface area (Å²) in [7, 11) is -2.81. The molecule has 3 nitrogen and oxygen atoms in total. The Morgan fingerprint density at radius 2 is 1.81 bits per heavy atom.